The zero-order chi connectivity index (χ0) is 27.4. The van der Waals surface area contributed by atoms with Crippen LogP contribution in [0.25, 0.3) is 11.1 Å². The molecule has 1 unspecified atom stereocenters. The molecular weight excluding hydrogens is 478 g/mol. The molecule has 2 aromatic carbocycles. The van der Waals surface area contributed by atoms with E-state index in [9.17, 15) is 14.4 Å². The molecule has 0 spiro atoms. The number of piperidine rings is 1. The molecule has 1 atom stereocenters. The van der Waals surface area contributed by atoms with Gasteiger partial charge in [-0.3, -0.25) is 14.4 Å². The zero-order valence-corrected chi connectivity index (χ0v) is 22.5. The lowest BCUT2D eigenvalue weighted by atomic mass is 9.99. The van der Waals surface area contributed by atoms with Crippen LogP contribution in [-0.2, 0) is 11.8 Å². The number of anilines is 3. The molecule has 4 rings (SSSR count). The van der Waals surface area contributed by atoms with Crippen molar-refractivity contribution in [1.29, 1.82) is 0 Å². The van der Waals surface area contributed by atoms with Crippen LogP contribution in [0.15, 0.2) is 72.2 Å². The Morgan fingerprint density at radius 3 is 2.53 bits per heavy atom. The molecule has 1 saturated heterocycles. The fourth-order valence-electron chi connectivity index (χ4n) is 4.80. The molecule has 0 saturated carbocycles. The number of hydrogen-bond acceptors (Lipinski definition) is 5. The van der Waals surface area contributed by atoms with Crippen molar-refractivity contribution < 1.29 is 9.59 Å². The predicted octanol–water partition coefficient (Wildman–Crippen LogP) is 4.27. The van der Waals surface area contributed by atoms with Gasteiger partial charge in [-0.2, -0.15) is 0 Å². The topological polar surface area (TPSA) is 86.7 Å². The lowest BCUT2D eigenvalue weighted by Gasteiger charge is -2.33. The van der Waals surface area contributed by atoms with Crippen LogP contribution < -0.4 is 21.1 Å². The maximum Gasteiger partial charge on any atom is 0.273 e. The number of benzene rings is 2. The number of amides is 2. The van der Waals surface area contributed by atoms with Gasteiger partial charge in [-0.25, -0.2) is 0 Å². The van der Waals surface area contributed by atoms with Gasteiger partial charge < -0.3 is 25.0 Å². The van der Waals surface area contributed by atoms with Gasteiger partial charge in [0.15, 0.2) is 0 Å². The van der Waals surface area contributed by atoms with Gasteiger partial charge in [0.25, 0.3) is 11.5 Å². The fraction of sp³-hybridized carbons (Fsp3) is 0.300. The van der Waals surface area contributed by atoms with Crippen molar-refractivity contribution in [1.82, 2.24) is 9.47 Å². The lowest BCUT2D eigenvalue weighted by molar-refractivity contribution is -0.127. The third kappa shape index (κ3) is 5.80. The van der Waals surface area contributed by atoms with Crippen LogP contribution in [0, 0.1) is 6.92 Å². The number of carbonyl (C=O) groups excluding carboxylic acids is 2. The van der Waals surface area contributed by atoms with Crippen molar-refractivity contribution in [2.75, 3.05) is 42.7 Å². The average molecular weight is 514 g/mol. The highest BCUT2D eigenvalue weighted by molar-refractivity contribution is 6.05. The molecule has 1 aliphatic heterocycles. The summed E-state index contributed by atoms with van der Waals surface area (Å²) in [6.07, 6.45) is 4.85. The summed E-state index contributed by atoms with van der Waals surface area (Å²) in [5, 5.41) is 6.40. The number of aromatic nitrogens is 1. The van der Waals surface area contributed by atoms with E-state index in [4.69, 9.17) is 0 Å². The highest BCUT2D eigenvalue weighted by atomic mass is 16.2. The van der Waals surface area contributed by atoms with Gasteiger partial charge in [-0.1, -0.05) is 18.7 Å². The predicted molar refractivity (Wildman–Crippen MR) is 154 cm³/mol. The number of likely N-dealkylation sites (tertiary alicyclic amines) is 1. The maximum absolute atomic E-state index is 13.0. The third-order valence-corrected chi connectivity index (χ3v) is 6.99. The van der Waals surface area contributed by atoms with Crippen LogP contribution in [0.1, 0.15) is 28.8 Å². The minimum atomic E-state index is -0.186. The van der Waals surface area contributed by atoms with Crippen LogP contribution >= 0.6 is 0 Å². The summed E-state index contributed by atoms with van der Waals surface area (Å²) >= 11 is 0. The molecule has 2 amide bonds. The van der Waals surface area contributed by atoms with Gasteiger partial charge in [0.1, 0.15) is 5.69 Å². The van der Waals surface area contributed by atoms with Crippen molar-refractivity contribution in [3.05, 3.63) is 88.9 Å². The number of nitrogens with zero attached hydrogens (tertiary/aromatic N) is 3. The SMILES string of the molecule is C=CC(=O)N1CCCC(Nc2cc(-c3cccc(NC(=O)c4ccc(N(C)C)cc4)c3C)cn(C)c2=O)C1. The molecule has 0 aliphatic carbocycles. The molecule has 1 aliphatic rings. The highest BCUT2D eigenvalue weighted by Gasteiger charge is 2.23. The number of rotatable bonds is 7. The number of carbonyl (C=O) groups is 2. The highest BCUT2D eigenvalue weighted by Crippen LogP contribution is 2.30. The van der Waals surface area contributed by atoms with Gasteiger partial charge in [-0.15, -0.1) is 0 Å². The van der Waals surface area contributed by atoms with E-state index in [2.05, 4.69) is 17.2 Å². The van der Waals surface area contributed by atoms with E-state index in [-0.39, 0.29) is 23.4 Å². The van der Waals surface area contributed by atoms with Crippen LogP contribution in [0.5, 0.6) is 0 Å². The van der Waals surface area contributed by atoms with Crippen molar-refractivity contribution >= 4 is 28.9 Å². The molecule has 1 aromatic heterocycles. The van der Waals surface area contributed by atoms with Crippen molar-refractivity contribution in [3.8, 4) is 11.1 Å². The minimum Gasteiger partial charge on any atom is -0.378 e. The van der Waals surface area contributed by atoms with Gasteiger partial charge in [0.2, 0.25) is 5.91 Å². The van der Waals surface area contributed by atoms with Gasteiger partial charge in [-0.05, 0) is 73.4 Å². The number of nitrogens with one attached hydrogen (secondary N) is 2. The minimum absolute atomic E-state index is 0.0267. The normalized spacial score (nSPS) is 15.1. The Hall–Kier alpha value is -4.33. The summed E-state index contributed by atoms with van der Waals surface area (Å²) in [4.78, 5) is 41.7. The quantitative estimate of drug-likeness (QED) is 0.461. The van der Waals surface area contributed by atoms with E-state index in [1.165, 1.54) is 6.08 Å². The molecule has 2 heterocycles. The second kappa shape index (κ2) is 11.4. The maximum atomic E-state index is 13.0. The van der Waals surface area contributed by atoms with E-state index < -0.39 is 0 Å². The van der Waals surface area contributed by atoms with Crippen LogP contribution in [0.4, 0.5) is 17.1 Å². The third-order valence-electron chi connectivity index (χ3n) is 6.99. The molecular formula is C30H35N5O3. The fourth-order valence-corrected chi connectivity index (χ4v) is 4.80. The first kappa shape index (κ1) is 26.7. The molecule has 2 N–H and O–H groups in total. The van der Waals surface area contributed by atoms with Crippen LogP contribution in [-0.4, -0.2) is 54.5 Å². The smallest absolute Gasteiger partial charge is 0.273 e. The van der Waals surface area contributed by atoms with Crippen molar-refractivity contribution in [3.63, 3.8) is 0 Å². The number of aryl methyl sites for hydroxylation is 1. The molecule has 0 radical (unpaired) electrons. The average Bonchev–Trinajstić information content (AvgIpc) is 2.92. The first-order chi connectivity index (χ1) is 18.2. The van der Waals surface area contributed by atoms with Gasteiger partial charge in [0.05, 0.1) is 0 Å². The Morgan fingerprint density at radius 1 is 1.11 bits per heavy atom. The molecule has 1 fully saturated rings. The van der Waals surface area contributed by atoms with E-state index in [1.807, 2.05) is 74.4 Å². The first-order valence-corrected chi connectivity index (χ1v) is 12.7. The summed E-state index contributed by atoms with van der Waals surface area (Å²) in [6, 6.07) is 15.0. The van der Waals surface area contributed by atoms with Gasteiger partial charge >= 0.3 is 0 Å². The Morgan fingerprint density at radius 2 is 1.84 bits per heavy atom. The standard InChI is InChI=1S/C30H35N5O3/c1-6-28(36)35-16-8-9-23(19-35)31-27-17-22(18-34(5)30(27)38)25-10-7-11-26(20(25)2)32-29(37)21-12-14-24(15-13-21)33(3)4/h6-7,10-15,17-18,23,31H,1,8-9,16,19H2,2-5H3,(H,32,37). The molecule has 198 valence electrons. The Bertz CT molecular complexity index is 1410. The molecule has 0 bridgehead atoms. The van der Waals surface area contributed by atoms with Crippen molar-refractivity contribution in [2.45, 2.75) is 25.8 Å². The first-order valence-electron chi connectivity index (χ1n) is 12.7. The summed E-state index contributed by atoms with van der Waals surface area (Å²) in [5.41, 5.74) is 5.32. The monoisotopic (exact) mass is 513 g/mol. The van der Waals surface area contributed by atoms with Crippen LogP contribution in [0.3, 0.4) is 0 Å². The van der Waals surface area contributed by atoms with Gasteiger partial charge in [0, 0.05) is 69.0 Å². The number of hydrogen-bond donors (Lipinski definition) is 2. The Balaban J connectivity index is 1.58. The molecule has 3 aromatic rings. The van der Waals surface area contributed by atoms with E-state index >= 15 is 0 Å². The largest absolute Gasteiger partial charge is 0.378 e. The Labute approximate surface area is 223 Å². The second-order valence-electron chi connectivity index (χ2n) is 9.90. The second-order valence-corrected chi connectivity index (χ2v) is 9.90. The number of pyridine rings is 1. The summed E-state index contributed by atoms with van der Waals surface area (Å²) in [6.45, 7) is 6.75. The zero-order valence-electron chi connectivity index (χ0n) is 22.5. The van der Waals surface area contributed by atoms with E-state index in [1.54, 1.807) is 22.7 Å². The Kier molecular flexibility index (Phi) is 8.00. The summed E-state index contributed by atoms with van der Waals surface area (Å²) < 4.78 is 1.56. The van der Waals surface area contributed by atoms with E-state index in [0.717, 1.165) is 35.2 Å². The molecule has 38 heavy (non-hydrogen) atoms. The van der Waals surface area contributed by atoms with Crippen LogP contribution in [0.2, 0.25) is 0 Å². The summed E-state index contributed by atoms with van der Waals surface area (Å²) in [7, 11) is 5.64. The summed E-state index contributed by atoms with van der Waals surface area (Å²) in [5.74, 6) is -0.282. The van der Waals surface area contributed by atoms with E-state index in [0.29, 0.717) is 30.0 Å². The lowest BCUT2D eigenvalue weighted by Crippen LogP contribution is -2.45. The molecule has 8 nitrogen and oxygen atoms in total. The molecule has 8 heteroatoms. The van der Waals surface area contributed by atoms with Crippen molar-refractivity contribution in [2.24, 2.45) is 7.05 Å².